The van der Waals surface area contributed by atoms with Crippen LogP contribution >= 0.6 is 0 Å². The molecule has 0 bridgehead atoms. The van der Waals surface area contributed by atoms with Crippen LogP contribution in [0.2, 0.25) is 0 Å². The minimum Gasteiger partial charge on any atom is -0.480 e. The second-order valence-corrected chi connectivity index (χ2v) is 5.31. The van der Waals surface area contributed by atoms with Crippen LogP contribution in [0, 0.1) is 11.3 Å². The van der Waals surface area contributed by atoms with Crippen LogP contribution in [0.5, 0.6) is 0 Å². The summed E-state index contributed by atoms with van der Waals surface area (Å²) < 4.78 is 0. The fourth-order valence-corrected chi connectivity index (χ4v) is 2.41. The number of carboxylic acids is 1. The summed E-state index contributed by atoms with van der Waals surface area (Å²) in [5, 5.41) is 10.9. The van der Waals surface area contributed by atoms with E-state index in [1.807, 2.05) is 0 Å². The third-order valence-electron chi connectivity index (χ3n) is 3.60. The van der Waals surface area contributed by atoms with Crippen molar-refractivity contribution >= 4 is 11.9 Å². The normalized spacial score (nSPS) is 23.8. The molecule has 1 aliphatic carbocycles. The van der Waals surface area contributed by atoms with E-state index < -0.39 is 5.97 Å². The molecule has 1 aliphatic rings. The van der Waals surface area contributed by atoms with Crippen LogP contribution in [-0.4, -0.2) is 23.5 Å². The summed E-state index contributed by atoms with van der Waals surface area (Å²) in [6, 6.07) is 0. The maximum atomic E-state index is 11.5. The first-order valence-corrected chi connectivity index (χ1v) is 5.90. The number of amides is 1. The Hall–Kier alpha value is -1.06. The second-order valence-electron chi connectivity index (χ2n) is 5.31. The number of hydrogen-bond donors (Lipinski definition) is 2. The number of nitrogens with one attached hydrogen (secondary N) is 1. The highest BCUT2D eigenvalue weighted by atomic mass is 16.4. The van der Waals surface area contributed by atoms with E-state index in [4.69, 9.17) is 5.11 Å². The van der Waals surface area contributed by atoms with E-state index in [1.165, 1.54) is 12.8 Å². The van der Waals surface area contributed by atoms with E-state index in [2.05, 4.69) is 19.2 Å². The van der Waals surface area contributed by atoms with Gasteiger partial charge < -0.3 is 10.4 Å². The van der Waals surface area contributed by atoms with E-state index in [0.717, 1.165) is 12.8 Å². The van der Waals surface area contributed by atoms with Gasteiger partial charge in [0, 0.05) is 6.42 Å². The average molecular weight is 227 g/mol. The van der Waals surface area contributed by atoms with Gasteiger partial charge in [0.2, 0.25) is 5.91 Å². The van der Waals surface area contributed by atoms with Crippen molar-refractivity contribution in [3.05, 3.63) is 0 Å². The van der Waals surface area contributed by atoms with Gasteiger partial charge >= 0.3 is 5.97 Å². The Balaban J connectivity index is 2.40. The Labute approximate surface area is 96.4 Å². The van der Waals surface area contributed by atoms with Crippen LogP contribution in [0.15, 0.2) is 0 Å². The summed E-state index contributed by atoms with van der Waals surface area (Å²) in [6.07, 6.45) is 5.11. The van der Waals surface area contributed by atoms with Crippen molar-refractivity contribution in [1.82, 2.24) is 5.32 Å². The number of carboxylic acid groups (broad SMARTS) is 1. The van der Waals surface area contributed by atoms with Gasteiger partial charge in [0.05, 0.1) is 0 Å². The van der Waals surface area contributed by atoms with Gasteiger partial charge in [-0.25, -0.2) is 0 Å². The SMILES string of the molecule is CC1(C)CCCCC1CC(=O)NCC(=O)O. The quantitative estimate of drug-likeness (QED) is 0.769. The zero-order valence-corrected chi connectivity index (χ0v) is 10.1. The predicted molar refractivity (Wildman–Crippen MR) is 61.0 cm³/mol. The van der Waals surface area contributed by atoms with E-state index in [9.17, 15) is 9.59 Å². The fourth-order valence-electron chi connectivity index (χ4n) is 2.41. The number of rotatable bonds is 4. The molecule has 1 atom stereocenters. The van der Waals surface area contributed by atoms with Crippen molar-refractivity contribution < 1.29 is 14.7 Å². The van der Waals surface area contributed by atoms with Gasteiger partial charge in [-0.1, -0.05) is 26.7 Å². The Kier molecular flexibility index (Phi) is 4.33. The van der Waals surface area contributed by atoms with Crippen molar-refractivity contribution in [3.63, 3.8) is 0 Å². The summed E-state index contributed by atoms with van der Waals surface area (Å²) in [6.45, 7) is 4.12. The molecule has 0 aliphatic heterocycles. The molecule has 4 nitrogen and oxygen atoms in total. The van der Waals surface area contributed by atoms with Gasteiger partial charge in [-0.3, -0.25) is 9.59 Å². The Morgan fingerprint density at radius 2 is 2.06 bits per heavy atom. The molecule has 1 fully saturated rings. The third kappa shape index (κ3) is 3.83. The van der Waals surface area contributed by atoms with Crippen LogP contribution in [0.4, 0.5) is 0 Å². The molecule has 4 heteroatoms. The summed E-state index contributed by atoms with van der Waals surface area (Å²) in [5.74, 6) is -0.742. The molecule has 0 radical (unpaired) electrons. The maximum Gasteiger partial charge on any atom is 0.322 e. The first kappa shape index (κ1) is 13.0. The molecule has 16 heavy (non-hydrogen) atoms. The summed E-state index contributed by atoms with van der Waals surface area (Å²) in [7, 11) is 0. The topological polar surface area (TPSA) is 66.4 Å². The van der Waals surface area contributed by atoms with Crippen molar-refractivity contribution in [2.45, 2.75) is 46.0 Å². The van der Waals surface area contributed by atoms with E-state index in [0.29, 0.717) is 12.3 Å². The van der Waals surface area contributed by atoms with Crippen LogP contribution in [0.1, 0.15) is 46.0 Å². The molecule has 1 rings (SSSR count). The lowest BCUT2D eigenvalue weighted by molar-refractivity contribution is -0.138. The highest BCUT2D eigenvalue weighted by molar-refractivity contribution is 5.81. The predicted octanol–water partition coefficient (Wildman–Crippen LogP) is 1.79. The molecule has 0 aromatic heterocycles. The monoisotopic (exact) mass is 227 g/mol. The molecule has 2 N–H and O–H groups in total. The summed E-state index contributed by atoms with van der Waals surface area (Å²) in [4.78, 5) is 21.8. The first-order chi connectivity index (χ1) is 7.42. The Bertz CT molecular complexity index is 273. The fraction of sp³-hybridized carbons (Fsp3) is 0.833. The first-order valence-electron chi connectivity index (χ1n) is 5.90. The lowest BCUT2D eigenvalue weighted by atomic mass is 9.67. The lowest BCUT2D eigenvalue weighted by Gasteiger charge is -2.38. The molecule has 0 saturated heterocycles. The third-order valence-corrected chi connectivity index (χ3v) is 3.60. The van der Waals surface area contributed by atoms with Gasteiger partial charge in [-0.2, -0.15) is 0 Å². The number of aliphatic carboxylic acids is 1. The van der Waals surface area contributed by atoms with Crippen LogP contribution in [-0.2, 0) is 9.59 Å². The largest absolute Gasteiger partial charge is 0.480 e. The molecule has 92 valence electrons. The molecule has 1 saturated carbocycles. The van der Waals surface area contributed by atoms with Crippen molar-refractivity contribution in [3.8, 4) is 0 Å². The van der Waals surface area contributed by atoms with E-state index >= 15 is 0 Å². The molecule has 0 aromatic carbocycles. The molecule has 0 aromatic rings. The van der Waals surface area contributed by atoms with Crippen molar-refractivity contribution in [1.29, 1.82) is 0 Å². The van der Waals surface area contributed by atoms with E-state index in [1.54, 1.807) is 0 Å². The lowest BCUT2D eigenvalue weighted by Crippen LogP contribution is -2.35. The summed E-state index contributed by atoms with van der Waals surface area (Å²) >= 11 is 0. The second kappa shape index (κ2) is 5.32. The Morgan fingerprint density at radius 1 is 1.38 bits per heavy atom. The molecule has 0 spiro atoms. The molecule has 0 heterocycles. The van der Waals surface area contributed by atoms with Crippen molar-refractivity contribution in [2.24, 2.45) is 11.3 Å². The number of carbonyl (C=O) groups excluding carboxylic acids is 1. The number of carbonyl (C=O) groups is 2. The maximum absolute atomic E-state index is 11.5. The smallest absolute Gasteiger partial charge is 0.322 e. The molecular weight excluding hydrogens is 206 g/mol. The Morgan fingerprint density at radius 3 is 2.62 bits per heavy atom. The standard InChI is InChI=1S/C12H21NO3/c1-12(2)6-4-3-5-9(12)7-10(14)13-8-11(15)16/h9H,3-8H2,1-2H3,(H,13,14)(H,15,16). The highest BCUT2D eigenvalue weighted by Gasteiger charge is 2.33. The number of hydrogen-bond acceptors (Lipinski definition) is 2. The van der Waals surface area contributed by atoms with Gasteiger partial charge in [0.1, 0.15) is 6.54 Å². The van der Waals surface area contributed by atoms with Gasteiger partial charge in [0.15, 0.2) is 0 Å². The van der Waals surface area contributed by atoms with Crippen LogP contribution in [0.3, 0.4) is 0 Å². The van der Waals surface area contributed by atoms with E-state index in [-0.39, 0.29) is 17.9 Å². The molecule has 1 amide bonds. The van der Waals surface area contributed by atoms with Gasteiger partial charge in [0.25, 0.3) is 0 Å². The van der Waals surface area contributed by atoms with Gasteiger partial charge in [-0.05, 0) is 24.2 Å². The summed E-state index contributed by atoms with van der Waals surface area (Å²) in [5.41, 5.74) is 0.207. The molecular formula is C12H21NO3. The minimum atomic E-state index is -0.990. The van der Waals surface area contributed by atoms with Gasteiger partial charge in [-0.15, -0.1) is 0 Å². The highest BCUT2D eigenvalue weighted by Crippen LogP contribution is 2.42. The zero-order valence-electron chi connectivity index (χ0n) is 10.1. The van der Waals surface area contributed by atoms with Crippen LogP contribution in [0.25, 0.3) is 0 Å². The van der Waals surface area contributed by atoms with Crippen molar-refractivity contribution in [2.75, 3.05) is 6.54 Å². The minimum absolute atomic E-state index is 0.137. The molecule has 1 unspecified atom stereocenters. The average Bonchev–Trinajstić information content (AvgIpc) is 2.18. The zero-order chi connectivity index (χ0) is 12.2. The van der Waals surface area contributed by atoms with Crippen LogP contribution < -0.4 is 5.32 Å².